The van der Waals surface area contributed by atoms with Crippen LogP contribution in [-0.4, -0.2) is 49.3 Å². The second-order valence-electron chi connectivity index (χ2n) is 5.31. The van der Waals surface area contributed by atoms with E-state index in [4.69, 9.17) is 9.26 Å². The Morgan fingerprint density at radius 1 is 1.17 bits per heavy atom. The second-order valence-corrected chi connectivity index (χ2v) is 5.31. The highest BCUT2D eigenvalue weighted by Crippen LogP contribution is 2.25. The maximum Gasteiger partial charge on any atom is 0.263 e. The molecule has 9 nitrogen and oxygen atoms in total. The van der Waals surface area contributed by atoms with Gasteiger partial charge in [0.1, 0.15) is 23.4 Å². The van der Waals surface area contributed by atoms with Crippen LogP contribution in [0.1, 0.15) is 12.8 Å². The molecular weight excluding hydrogens is 310 g/mol. The molecule has 1 saturated heterocycles. The van der Waals surface area contributed by atoms with E-state index >= 15 is 0 Å². The quantitative estimate of drug-likeness (QED) is 0.747. The molecule has 0 aliphatic carbocycles. The molecule has 1 N–H and O–H groups in total. The molecule has 122 valence electrons. The van der Waals surface area contributed by atoms with E-state index in [-0.39, 0.29) is 6.10 Å². The number of nitrogens with zero attached hydrogens (tertiary/aromatic N) is 6. The van der Waals surface area contributed by atoms with Gasteiger partial charge in [-0.3, -0.25) is 4.98 Å². The number of hydrogen-bond donors (Lipinski definition) is 1. The summed E-state index contributed by atoms with van der Waals surface area (Å²) in [6.07, 6.45) is 10.2. The third-order valence-electron chi connectivity index (χ3n) is 3.68. The van der Waals surface area contributed by atoms with Crippen LogP contribution < -0.4 is 5.32 Å². The molecule has 3 aromatic rings. The standard InChI is InChI=1S/C15H15N7O2/c1-2-10(23-5-1)6-19-13-11(7-17-9-20-13)15-21-14(22-24-15)12-8-16-3-4-18-12/h3-4,7-10H,1-2,5-6H2,(H,17,19,20)/t10-/m1/s1. The highest BCUT2D eigenvalue weighted by Gasteiger charge is 2.19. The molecule has 0 radical (unpaired) electrons. The maximum absolute atomic E-state index is 5.61. The minimum atomic E-state index is 0.200. The van der Waals surface area contributed by atoms with Crippen LogP contribution in [0, 0.1) is 0 Å². The van der Waals surface area contributed by atoms with E-state index in [1.54, 1.807) is 24.8 Å². The van der Waals surface area contributed by atoms with Crippen molar-refractivity contribution in [3.8, 4) is 23.0 Å². The molecule has 0 bridgehead atoms. The average Bonchev–Trinajstić information content (AvgIpc) is 3.33. The molecule has 0 unspecified atom stereocenters. The summed E-state index contributed by atoms with van der Waals surface area (Å²) in [6, 6.07) is 0. The lowest BCUT2D eigenvalue weighted by Gasteiger charge is -2.12. The van der Waals surface area contributed by atoms with Crippen molar-refractivity contribution < 1.29 is 9.26 Å². The molecule has 4 heterocycles. The van der Waals surface area contributed by atoms with Gasteiger partial charge in [0.25, 0.3) is 5.89 Å². The van der Waals surface area contributed by atoms with Crippen LogP contribution in [0.15, 0.2) is 35.6 Å². The van der Waals surface area contributed by atoms with Gasteiger partial charge in [0.2, 0.25) is 5.82 Å². The third kappa shape index (κ3) is 3.06. The van der Waals surface area contributed by atoms with Crippen molar-refractivity contribution in [3.05, 3.63) is 31.1 Å². The first-order valence-corrected chi connectivity index (χ1v) is 7.66. The van der Waals surface area contributed by atoms with Crippen LogP contribution in [0.2, 0.25) is 0 Å². The van der Waals surface area contributed by atoms with Gasteiger partial charge in [-0.2, -0.15) is 4.98 Å². The van der Waals surface area contributed by atoms with Crippen molar-refractivity contribution >= 4 is 5.82 Å². The summed E-state index contributed by atoms with van der Waals surface area (Å²) in [5.41, 5.74) is 1.18. The molecule has 3 aromatic heterocycles. The highest BCUT2D eigenvalue weighted by atomic mass is 16.5. The predicted molar refractivity (Wildman–Crippen MR) is 83.8 cm³/mol. The molecule has 24 heavy (non-hydrogen) atoms. The average molecular weight is 325 g/mol. The fraction of sp³-hybridized carbons (Fsp3) is 0.333. The topological polar surface area (TPSA) is 112 Å². The molecule has 0 aromatic carbocycles. The molecule has 0 spiro atoms. The van der Waals surface area contributed by atoms with Crippen molar-refractivity contribution in [2.75, 3.05) is 18.5 Å². The van der Waals surface area contributed by atoms with E-state index in [1.165, 1.54) is 6.33 Å². The number of nitrogens with one attached hydrogen (secondary N) is 1. The Morgan fingerprint density at radius 3 is 3.00 bits per heavy atom. The summed E-state index contributed by atoms with van der Waals surface area (Å²) in [5.74, 6) is 1.33. The van der Waals surface area contributed by atoms with Crippen molar-refractivity contribution in [1.29, 1.82) is 0 Å². The summed E-state index contributed by atoms with van der Waals surface area (Å²) in [7, 11) is 0. The molecule has 0 amide bonds. The number of aromatic nitrogens is 6. The molecule has 9 heteroatoms. The Balaban J connectivity index is 1.56. The summed E-state index contributed by atoms with van der Waals surface area (Å²) >= 11 is 0. The van der Waals surface area contributed by atoms with E-state index < -0.39 is 0 Å². The molecule has 0 saturated carbocycles. The fourth-order valence-electron chi connectivity index (χ4n) is 2.49. The minimum absolute atomic E-state index is 0.200. The van der Waals surface area contributed by atoms with Crippen LogP contribution in [0.5, 0.6) is 0 Å². The van der Waals surface area contributed by atoms with Gasteiger partial charge < -0.3 is 14.6 Å². The van der Waals surface area contributed by atoms with Crippen LogP contribution in [0.25, 0.3) is 23.0 Å². The smallest absolute Gasteiger partial charge is 0.263 e. The molecule has 4 rings (SSSR count). The van der Waals surface area contributed by atoms with E-state index in [1.807, 2.05) is 0 Å². The molecule has 1 aliphatic heterocycles. The van der Waals surface area contributed by atoms with E-state index in [0.29, 0.717) is 35.3 Å². The normalized spacial score (nSPS) is 17.1. The van der Waals surface area contributed by atoms with Crippen molar-refractivity contribution in [2.24, 2.45) is 0 Å². The molecular formula is C15H15N7O2. The second kappa shape index (κ2) is 6.67. The zero-order valence-electron chi connectivity index (χ0n) is 12.8. The first kappa shape index (κ1) is 14.6. The van der Waals surface area contributed by atoms with Gasteiger partial charge in [-0.1, -0.05) is 5.16 Å². The van der Waals surface area contributed by atoms with Gasteiger partial charge in [0.15, 0.2) is 0 Å². The Labute approximate surface area is 137 Å². The Morgan fingerprint density at radius 2 is 2.17 bits per heavy atom. The van der Waals surface area contributed by atoms with Gasteiger partial charge in [0.05, 0.1) is 12.3 Å². The number of ether oxygens (including phenoxy) is 1. The molecule has 1 aliphatic rings. The van der Waals surface area contributed by atoms with Crippen LogP contribution in [0.4, 0.5) is 5.82 Å². The van der Waals surface area contributed by atoms with Gasteiger partial charge in [-0.25, -0.2) is 15.0 Å². The number of hydrogen-bond acceptors (Lipinski definition) is 9. The van der Waals surface area contributed by atoms with E-state index in [0.717, 1.165) is 19.4 Å². The summed E-state index contributed by atoms with van der Waals surface area (Å²) < 4.78 is 10.9. The monoisotopic (exact) mass is 325 g/mol. The lowest BCUT2D eigenvalue weighted by atomic mass is 10.2. The molecule has 1 fully saturated rings. The van der Waals surface area contributed by atoms with Gasteiger partial charge in [0, 0.05) is 31.7 Å². The number of rotatable bonds is 5. The largest absolute Gasteiger partial charge is 0.376 e. The lowest BCUT2D eigenvalue weighted by molar-refractivity contribution is 0.120. The maximum atomic E-state index is 5.61. The van der Waals surface area contributed by atoms with Crippen molar-refractivity contribution in [3.63, 3.8) is 0 Å². The zero-order valence-corrected chi connectivity index (χ0v) is 12.8. The summed E-state index contributed by atoms with van der Waals surface area (Å²) in [6.45, 7) is 1.49. The van der Waals surface area contributed by atoms with Crippen LogP contribution in [-0.2, 0) is 4.74 Å². The highest BCUT2D eigenvalue weighted by molar-refractivity contribution is 5.68. The SMILES string of the molecule is c1cnc(-c2noc(-c3cncnc3NC[C@H]3CCCO3)n2)cn1. The van der Waals surface area contributed by atoms with Gasteiger partial charge in [-0.15, -0.1) is 0 Å². The van der Waals surface area contributed by atoms with Crippen LogP contribution >= 0.6 is 0 Å². The first-order valence-electron chi connectivity index (χ1n) is 7.66. The number of anilines is 1. The first-order chi connectivity index (χ1) is 11.9. The van der Waals surface area contributed by atoms with Gasteiger partial charge in [-0.05, 0) is 12.8 Å². The van der Waals surface area contributed by atoms with Crippen molar-refractivity contribution in [2.45, 2.75) is 18.9 Å². The zero-order chi connectivity index (χ0) is 16.2. The molecule has 1 atom stereocenters. The van der Waals surface area contributed by atoms with E-state index in [2.05, 4.69) is 35.4 Å². The summed E-state index contributed by atoms with van der Waals surface area (Å²) in [5, 5.41) is 7.22. The minimum Gasteiger partial charge on any atom is -0.376 e. The lowest BCUT2D eigenvalue weighted by Crippen LogP contribution is -2.19. The third-order valence-corrected chi connectivity index (χ3v) is 3.68. The Hall–Kier alpha value is -2.94. The van der Waals surface area contributed by atoms with Gasteiger partial charge >= 0.3 is 0 Å². The predicted octanol–water partition coefficient (Wildman–Crippen LogP) is 1.57. The van der Waals surface area contributed by atoms with E-state index in [9.17, 15) is 0 Å². The van der Waals surface area contributed by atoms with Crippen LogP contribution in [0.3, 0.4) is 0 Å². The van der Waals surface area contributed by atoms with Crippen molar-refractivity contribution in [1.82, 2.24) is 30.1 Å². The summed E-state index contributed by atoms with van der Waals surface area (Å²) in [4.78, 5) is 20.8. The fourth-order valence-corrected chi connectivity index (χ4v) is 2.49. The Bertz CT molecular complexity index is 802. The Kier molecular flexibility index (Phi) is 4.07.